The Kier molecular flexibility index (Phi) is 7.57. The van der Waals surface area contributed by atoms with Gasteiger partial charge in [0.05, 0.1) is 19.3 Å². The maximum Gasteiger partial charge on any atom is 0.253 e. The van der Waals surface area contributed by atoms with Crippen molar-refractivity contribution in [3.8, 4) is 11.5 Å². The number of carbonyl (C=O) groups excluding carboxylic acids is 1. The molecule has 1 aromatic rings. The summed E-state index contributed by atoms with van der Waals surface area (Å²) in [6, 6.07) is 6.09. The lowest BCUT2D eigenvalue weighted by atomic mass is 9.98. The van der Waals surface area contributed by atoms with Crippen LogP contribution in [0.15, 0.2) is 18.2 Å². The minimum Gasteiger partial charge on any atom is -0.490 e. The molecule has 2 heterocycles. The molecule has 0 saturated carbocycles. The van der Waals surface area contributed by atoms with Crippen LogP contribution in [0.4, 0.5) is 0 Å². The van der Waals surface area contributed by atoms with E-state index in [0.29, 0.717) is 42.4 Å². The second-order valence-corrected chi connectivity index (χ2v) is 7.52. The molecular weight excluding hydrogens is 356 g/mol. The first-order valence-electron chi connectivity index (χ1n) is 10.6. The molecule has 156 valence electrons. The Labute approximate surface area is 168 Å². The van der Waals surface area contributed by atoms with Crippen LogP contribution in [0, 0.1) is 0 Å². The summed E-state index contributed by atoms with van der Waals surface area (Å²) in [6.07, 6.45) is 4.72. The van der Waals surface area contributed by atoms with E-state index in [1.54, 1.807) is 0 Å². The zero-order valence-electron chi connectivity index (χ0n) is 17.5. The van der Waals surface area contributed by atoms with E-state index in [1.165, 1.54) is 0 Å². The van der Waals surface area contributed by atoms with Gasteiger partial charge < -0.3 is 24.0 Å². The Balaban J connectivity index is 1.57. The standard InChI is InChI=1S/C22H34N2O4/c1-4-27-20-7-6-17(16-21(20)28-5-2)22(25)24-12-8-18(9-13-24)23-14-10-19(26-3)11-15-23/h6-7,16,18-19H,4-5,8-15H2,1-3H3. The summed E-state index contributed by atoms with van der Waals surface area (Å²) in [5.41, 5.74) is 0.672. The number of methoxy groups -OCH3 is 1. The molecule has 0 spiro atoms. The van der Waals surface area contributed by atoms with Crippen LogP contribution >= 0.6 is 0 Å². The number of carbonyl (C=O) groups is 1. The molecule has 6 nitrogen and oxygen atoms in total. The van der Waals surface area contributed by atoms with Crippen molar-refractivity contribution in [1.29, 1.82) is 0 Å². The predicted molar refractivity (Wildman–Crippen MR) is 109 cm³/mol. The Morgan fingerprint density at radius 3 is 2.21 bits per heavy atom. The molecule has 28 heavy (non-hydrogen) atoms. The van der Waals surface area contributed by atoms with Crippen LogP contribution in [0.25, 0.3) is 0 Å². The third-order valence-corrected chi connectivity index (χ3v) is 5.87. The van der Waals surface area contributed by atoms with Crippen molar-refractivity contribution in [1.82, 2.24) is 9.80 Å². The van der Waals surface area contributed by atoms with Crippen LogP contribution in [-0.2, 0) is 4.74 Å². The molecule has 1 aromatic carbocycles. The molecule has 6 heteroatoms. The Morgan fingerprint density at radius 1 is 0.964 bits per heavy atom. The number of ether oxygens (including phenoxy) is 3. The van der Waals surface area contributed by atoms with E-state index in [9.17, 15) is 4.79 Å². The summed E-state index contributed by atoms with van der Waals surface area (Å²) in [5, 5.41) is 0. The molecule has 0 aromatic heterocycles. The minimum absolute atomic E-state index is 0.0838. The number of rotatable bonds is 7. The van der Waals surface area contributed by atoms with Gasteiger partial charge in [-0.2, -0.15) is 0 Å². The molecular formula is C22H34N2O4. The number of benzene rings is 1. The van der Waals surface area contributed by atoms with Crippen LogP contribution in [0.1, 0.15) is 49.9 Å². The molecule has 0 atom stereocenters. The van der Waals surface area contributed by atoms with E-state index in [0.717, 1.165) is 51.9 Å². The van der Waals surface area contributed by atoms with Crippen LogP contribution < -0.4 is 9.47 Å². The Morgan fingerprint density at radius 2 is 1.61 bits per heavy atom. The van der Waals surface area contributed by atoms with E-state index in [4.69, 9.17) is 14.2 Å². The predicted octanol–water partition coefficient (Wildman–Crippen LogP) is 3.20. The summed E-state index contributed by atoms with van der Waals surface area (Å²) in [7, 11) is 1.81. The molecule has 0 unspecified atom stereocenters. The summed E-state index contributed by atoms with van der Waals surface area (Å²) in [5.74, 6) is 1.42. The molecule has 0 bridgehead atoms. The summed E-state index contributed by atoms with van der Waals surface area (Å²) < 4.78 is 16.7. The maximum atomic E-state index is 13.0. The van der Waals surface area contributed by atoms with Crippen molar-refractivity contribution in [3.63, 3.8) is 0 Å². The van der Waals surface area contributed by atoms with Gasteiger partial charge in [0, 0.05) is 44.9 Å². The number of amides is 1. The lowest BCUT2D eigenvalue weighted by molar-refractivity contribution is 0.0145. The van der Waals surface area contributed by atoms with E-state index >= 15 is 0 Å². The van der Waals surface area contributed by atoms with Gasteiger partial charge in [-0.05, 0) is 57.7 Å². The second kappa shape index (κ2) is 10.1. The SMILES string of the molecule is CCOc1ccc(C(=O)N2CCC(N3CCC(OC)CC3)CC2)cc1OCC. The van der Waals surface area contributed by atoms with Crippen LogP contribution in [0.2, 0.25) is 0 Å². The van der Waals surface area contributed by atoms with E-state index < -0.39 is 0 Å². The van der Waals surface area contributed by atoms with E-state index in [2.05, 4.69) is 4.90 Å². The zero-order chi connectivity index (χ0) is 19.9. The number of piperidine rings is 2. The van der Waals surface area contributed by atoms with Gasteiger partial charge in [0.25, 0.3) is 5.91 Å². The lowest BCUT2D eigenvalue weighted by Crippen LogP contribution is -2.49. The fraction of sp³-hybridized carbons (Fsp3) is 0.682. The van der Waals surface area contributed by atoms with Gasteiger partial charge in [-0.15, -0.1) is 0 Å². The number of nitrogens with zero attached hydrogens (tertiary/aromatic N) is 2. The van der Waals surface area contributed by atoms with Gasteiger partial charge in [-0.3, -0.25) is 4.79 Å². The molecule has 0 N–H and O–H groups in total. The Hall–Kier alpha value is -1.79. The average molecular weight is 391 g/mol. The highest BCUT2D eigenvalue weighted by Crippen LogP contribution is 2.30. The molecule has 3 rings (SSSR count). The third kappa shape index (κ3) is 4.97. The van der Waals surface area contributed by atoms with E-state index in [1.807, 2.05) is 44.1 Å². The molecule has 0 radical (unpaired) electrons. The minimum atomic E-state index is 0.0838. The van der Waals surface area contributed by atoms with Crippen molar-refractivity contribution < 1.29 is 19.0 Å². The summed E-state index contributed by atoms with van der Waals surface area (Å²) in [6.45, 7) is 8.82. The highest BCUT2D eigenvalue weighted by molar-refractivity contribution is 5.95. The van der Waals surface area contributed by atoms with Crippen molar-refractivity contribution in [2.45, 2.75) is 51.7 Å². The zero-order valence-corrected chi connectivity index (χ0v) is 17.5. The van der Waals surface area contributed by atoms with Gasteiger partial charge in [0.15, 0.2) is 11.5 Å². The van der Waals surface area contributed by atoms with Crippen LogP contribution in [0.3, 0.4) is 0 Å². The van der Waals surface area contributed by atoms with Gasteiger partial charge in [-0.25, -0.2) is 0 Å². The van der Waals surface area contributed by atoms with Crippen LogP contribution in [-0.4, -0.2) is 74.4 Å². The smallest absolute Gasteiger partial charge is 0.253 e. The number of hydrogen-bond donors (Lipinski definition) is 0. The van der Waals surface area contributed by atoms with Crippen molar-refractivity contribution in [2.75, 3.05) is 46.5 Å². The highest BCUT2D eigenvalue weighted by Gasteiger charge is 2.30. The quantitative estimate of drug-likeness (QED) is 0.716. The average Bonchev–Trinajstić information content (AvgIpc) is 2.75. The summed E-state index contributed by atoms with van der Waals surface area (Å²) in [4.78, 5) is 17.6. The lowest BCUT2D eigenvalue weighted by Gasteiger charge is -2.41. The molecule has 2 fully saturated rings. The fourth-order valence-electron chi connectivity index (χ4n) is 4.28. The van der Waals surface area contributed by atoms with Gasteiger partial charge in [-0.1, -0.05) is 0 Å². The maximum absolute atomic E-state index is 13.0. The van der Waals surface area contributed by atoms with Crippen LogP contribution in [0.5, 0.6) is 11.5 Å². The first-order chi connectivity index (χ1) is 13.7. The van der Waals surface area contributed by atoms with Gasteiger partial charge in [0.1, 0.15) is 0 Å². The Bertz CT molecular complexity index is 635. The fourth-order valence-corrected chi connectivity index (χ4v) is 4.28. The molecule has 2 aliphatic heterocycles. The largest absolute Gasteiger partial charge is 0.490 e. The summed E-state index contributed by atoms with van der Waals surface area (Å²) >= 11 is 0. The number of hydrogen-bond acceptors (Lipinski definition) is 5. The number of likely N-dealkylation sites (tertiary alicyclic amines) is 2. The molecule has 2 saturated heterocycles. The van der Waals surface area contributed by atoms with Crippen molar-refractivity contribution in [2.24, 2.45) is 0 Å². The first-order valence-corrected chi connectivity index (χ1v) is 10.6. The van der Waals surface area contributed by atoms with E-state index in [-0.39, 0.29) is 5.91 Å². The molecule has 0 aliphatic carbocycles. The monoisotopic (exact) mass is 390 g/mol. The normalized spacial score (nSPS) is 19.6. The van der Waals surface area contributed by atoms with Crippen molar-refractivity contribution in [3.05, 3.63) is 23.8 Å². The third-order valence-electron chi connectivity index (χ3n) is 5.87. The molecule has 1 amide bonds. The van der Waals surface area contributed by atoms with Gasteiger partial charge in [0.2, 0.25) is 0 Å². The second-order valence-electron chi connectivity index (χ2n) is 7.52. The first kappa shape index (κ1) is 20.9. The van der Waals surface area contributed by atoms with Crippen molar-refractivity contribution >= 4 is 5.91 Å². The van der Waals surface area contributed by atoms with Gasteiger partial charge >= 0.3 is 0 Å². The molecule has 2 aliphatic rings. The highest BCUT2D eigenvalue weighted by atomic mass is 16.5. The topological polar surface area (TPSA) is 51.2 Å².